The van der Waals surface area contributed by atoms with E-state index in [-0.39, 0.29) is 18.1 Å². The van der Waals surface area contributed by atoms with Gasteiger partial charge in [-0.05, 0) is 30.3 Å². The van der Waals surface area contributed by atoms with Crippen molar-refractivity contribution in [3.8, 4) is 0 Å². The summed E-state index contributed by atoms with van der Waals surface area (Å²) in [7, 11) is 0. The topological polar surface area (TPSA) is 41.1 Å². The van der Waals surface area contributed by atoms with E-state index in [0.29, 0.717) is 20.2 Å². The van der Waals surface area contributed by atoms with Gasteiger partial charge in [-0.1, -0.05) is 45.2 Å². The van der Waals surface area contributed by atoms with Crippen LogP contribution < -0.4 is 10.6 Å². The molecule has 0 saturated heterocycles. The van der Waals surface area contributed by atoms with Crippen molar-refractivity contribution in [1.29, 1.82) is 0 Å². The summed E-state index contributed by atoms with van der Waals surface area (Å²) in [5.74, 6) is -0.828. The minimum atomic E-state index is -0.443. The molecule has 0 radical (unpaired) electrons. The molecule has 21 heavy (non-hydrogen) atoms. The number of rotatable bonds is 4. The summed E-state index contributed by atoms with van der Waals surface area (Å²) in [4.78, 5) is 11.9. The smallest absolute Gasteiger partial charge is 0.243 e. The van der Waals surface area contributed by atoms with Crippen LogP contribution in [-0.2, 0) is 4.79 Å². The fourth-order valence-corrected chi connectivity index (χ4v) is 2.46. The Morgan fingerprint density at radius 1 is 1.19 bits per heavy atom. The molecule has 0 aromatic heterocycles. The zero-order valence-corrected chi connectivity index (χ0v) is 13.7. The van der Waals surface area contributed by atoms with Gasteiger partial charge in [0.1, 0.15) is 5.82 Å². The Hall–Kier alpha value is -1.30. The summed E-state index contributed by atoms with van der Waals surface area (Å²) in [6, 6.07) is 9.33. The van der Waals surface area contributed by atoms with Crippen LogP contribution in [0.5, 0.6) is 0 Å². The van der Waals surface area contributed by atoms with E-state index in [1.807, 2.05) is 0 Å². The number of benzene rings is 2. The predicted molar refractivity (Wildman–Crippen MR) is 87.7 cm³/mol. The Labute approximate surface area is 139 Å². The maximum Gasteiger partial charge on any atom is 0.243 e. The van der Waals surface area contributed by atoms with Crippen molar-refractivity contribution in [2.45, 2.75) is 0 Å². The zero-order chi connectivity index (χ0) is 15.4. The lowest BCUT2D eigenvalue weighted by atomic mass is 10.3. The van der Waals surface area contributed by atoms with Gasteiger partial charge in [0.15, 0.2) is 0 Å². The lowest BCUT2D eigenvalue weighted by Gasteiger charge is -2.11. The van der Waals surface area contributed by atoms with Crippen LogP contribution in [0.15, 0.2) is 40.9 Å². The van der Waals surface area contributed by atoms with Crippen LogP contribution in [-0.4, -0.2) is 12.5 Å². The molecular weight excluding hydrogens is 382 g/mol. The van der Waals surface area contributed by atoms with Crippen molar-refractivity contribution in [2.24, 2.45) is 0 Å². The molecule has 3 nitrogen and oxygen atoms in total. The molecule has 0 fully saturated rings. The first kappa shape index (κ1) is 16.1. The minimum absolute atomic E-state index is 0.116. The van der Waals surface area contributed by atoms with Gasteiger partial charge in [0, 0.05) is 4.47 Å². The van der Waals surface area contributed by atoms with Gasteiger partial charge >= 0.3 is 0 Å². The quantitative estimate of drug-likeness (QED) is 0.774. The van der Waals surface area contributed by atoms with Crippen molar-refractivity contribution in [3.63, 3.8) is 0 Å². The largest absolute Gasteiger partial charge is 0.374 e. The van der Waals surface area contributed by atoms with Crippen molar-refractivity contribution < 1.29 is 9.18 Å². The molecular formula is C14H10BrCl2FN2O. The number of halogens is 4. The van der Waals surface area contributed by atoms with E-state index < -0.39 is 5.82 Å². The Kier molecular flexibility index (Phi) is 5.45. The molecule has 2 aromatic carbocycles. The average molecular weight is 392 g/mol. The van der Waals surface area contributed by atoms with Crippen LogP contribution in [0.3, 0.4) is 0 Å². The normalized spacial score (nSPS) is 10.3. The summed E-state index contributed by atoms with van der Waals surface area (Å²) in [6.45, 7) is -0.116. The molecule has 1 amide bonds. The number of carbonyl (C=O) groups excluding carboxylic acids is 1. The van der Waals surface area contributed by atoms with E-state index in [0.717, 1.165) is 0 Å². The van der Waals surface area contributed by atoms with E-state index in [4.69, 9.17) is 23.2 Å². The third kappa shape index (κ3) is 4.33. The highest BCUT2D eigenvalue weighted by atomic mass is 79.9. The lowest BCUT2D eigenvalue weighted by Crippen LogP contribution is -2.22. The first-order valence-electron chi connectivity index (χ1n) is 5.90. The highest BCUT2D eigenvalue weighted by Crippen LogP contribution is 2.29. The maximum atomic E-state index is 13.5. The summed E-state index contributed by atoms with van der Waals surface area (Å²) in [5, 5.41) is 5.97. The van der Waals surface area contributed by atoms with E-state index >= 15 is 0 Å². The number of para-hydroxylation sites is 1. The average Bonchev–Trinajstić information content (AvgIpc) is 2.44. The van der Waals surface area contributed by atoms with Crippen LogP contribution in [0.25, 0.3) is 0 Å². The molecule has 0 aliphatic heterocycles. The van der Waals surface area contributed by atoms with Gasteiger partial charge in [-0.2, -0.15) is 0 Å². The van der Waals surface area contributed by atoms with E-state index in [9.17, 15) is 9.18 Å². The third-order valence-corrected chi connectivity index (χ3v) is 3.72. The van der Waals surface area contributed by atoms with E-state index in [2.05, 4.69) is 26.6 Å². The molecule has 0 unspecified atom stereocenters. The molecule has 0 atom stereocenters. The van der Waals surface area contributed by atoms with Crippen LogP contribution in [0.4, 0.5) is 15.8 Å². The molecule has 0 aliphatic rings. The number of carbonyl (C=O) groups is 1. The van der Waals surface area contributed by atoms with Gasteiger partial charge in [0.05, 0.1) is 28.0 Å². The summed E-state index contributed by atoms with van der Waals surface area (Å²) >= 11 is 15.1. The monoisotopic (exact) mass is 390 g/mol. The second kappa shape index (κ2) is 7.11. The second-order valence-corrected chi connectivity index (χ2v) is 5.85. The van der Waals surface area contributed by atoms with Crippen LogP contribution in [0.2, 0.25) is 10.0 Å². The molecule has 2 aromatic rings. The van der Waals surface area contributed by atoms with E-state index in [1.54, 1.807) is 30.3 Å². The van der Waals surface area contributed by atoms with Crippen LogP contribution in [0.1, 0.15) is 0 Å². The molecule has 2 rings (SSSR count). The highest BCUT2D eigenvalue weighted by molar-refractivity contribution is 9.10. The lowest BCUT2D eigenvalue weighted by molar-refractivity contribution is -0.114. The summed E-state index contributed by atoms with van der Waals surface area (Å²) in [5.41, 5.74) is 0.562. The number of hydrogen-bond acceptors (Lipinski definition) is 2. The third-order valence-electron chi connectivity index (χ3n) is 2.59. The molecule has 7 heteroatoms. The van der Waals surface area contributed by atoms with E-state index in [1.165, 1.54) is 6.07 Å². The minimum Gasteiger partial charge on any atom is -0.374 e. The van der Waals surface area contributed by atoms with Gasteiger partial charge in [0.25, 0.3) is 0 Å². The van der Waals surface area contributed by atoms with Crippen molar-refractivity contribution in [2.75, 3.05) is 17.2 Å². The fourth-order valence-electron chi connectivity index (χ4n) is 1.61. The van der Waals surface area contributed by atoms with Crippen LogP contribution >= 0.6 is 39.1 Å². The van der Waals surface area contributed by atoms with Gasteiger partial charge in [-0.15, -0.1) is 0 Å². The SMILES string of the molecule is O=C(CNc1cc(Br)ccc1F)Nc1c(Cl)cccc1Cl. The van der Waals surface area contributed by atoms with Crippen molar-refractivity contribution >= 4 is 56.4 Å². The molecule has 0 bridgehead atoms. The first-order valence-corrected chi connectivity index (χ1v) is 7.45. The molecule has 110 valence electrons. The van der Waals surface area contributed by atoms with Crippen molar-refractivity contribution in [1.82, 2.24) is 0 Å². The Balaban J connectivity index is 2.01. The molecule has 0 heterocycles. The van der Waals surface area contributed by atoms with Gasteiger partial charge in [0.2, 0.25) is 5.91 Å². The molecule has 0 aliphatic carbocycles. The second-order valence-electron chi connectivity index (χ2n) is 4.12. The van der Waals surface area contributed by atoms with Gasteiger partial charge < -0.3 is 10.6 Å². The fraction of sp³-hybridized carbons (Fsp3) is 0.0714. The first-order chi connectivity index (χ1) is 9.97. The summed E-state index contributed by atoms with van der Waals surface area (Å²) in [6.07, 6.45) is 0. The molecule has 2 N–H and O–H groups in total. The molecule has 0 saturated carbocycles. The number of amides is 1. The standard InChI is InChI=1S/C14H10BrCl2FN2O/c15-8-4-5-11(18)12(6-8)19-7-13(21)20-14-9(16)2-1-3-10(14)17/h1-6,19H,7H2,(H,20,21). The highest BCUT2D eigenvalue weighted by Gasteiger charge is 2.10. The maximum absolute atomic E-state index is 13.5. The Morgan fingerprint density at radius 2 is 1.86 bits per heavy atom. The van der Waals surface area contributed by atoms with Gasteiger partial charge in [-0.3, -0.25) is 4.79 Å². The summed E-state index contributed by atoms with van der Waals surface area (Å²) < 4.78 is 14.2. The number of anilines is 2. The Bertz CT molecular complexity index is 662. The van der Waals surface area contributed by atoms with Crippen molar-refractivity contribution in [3.05, 3.63) is 56.7 Å². The zero-order valence-electron chi connectivity index (χ0n) is 10.6. The Morgan fingerprint density at radius 3 is 2.52 bits per heavy atom. The van der Waals surface area contributed by atoms with Gasteiger partial charge in [-0.25, -0.2) is 4.39 Å². The molecule has 0 spiro atoms. The van der Waals surface area contributed by atoms with Crippen LogP contribution in [0, 0.1) is 5.82 Å². The number of hydrogen-bond donors (Lipinski definition) is 2. The number of nitrogens with one attached hydrogen (secondary N) is 2. The predicted octanol–water partition coefficient (Wildman–Crippen LogP) is 4.95.